The van der Waals surface area contributed by atoms with Gasteiger partial charge in [0, 0.05) is 4.88 Å². The molecule has 1 saturated heterocycles. The Balaban J connectivity index is 0.00000200. The van der Waals surface area contributed by atoms with Crippen LogP contribution in [0.25, 0.3) is 0 Å². The van der Waals surface area contributed by atoms with E-state index < -0.39 is 10.0 Å². The SMILES string of the molecule is CNS(=O)(=O)c1ccc(CNC(=O)C2CCCN2)s1.Cl. The Morgan fingerprint density at radius 3 is 2.85 bits per heavy atom. The number of sulfonamides is 1. The summed E-state index contributed by atoms with van der Waals surface area (Å²) < 4.78 is 25.7. The van der Waals surface area contributed by atoms with Crippen molar-refractivity contribution in [3.8, 4) is 0 Å². The third-order valence-electron chi connectivity index (χ3n) is 2.98. The Kier molecular flexibility index (Phi) is 6.41. The molecule has 1 aromatic heterocycles. The minimum Gasteiger partial charge on any atom is -0.350 e. The topological polar surface area (TPSA) is 87.3 Å². The van der Waals surface area contributed by atoms with Crippen molar-refractivity contribution in [3.63, 3.8) is 0 Å². The highest BCUT2D eigenvalue weighted by atomic mass is 35.5. The van der Waals surface area contributed by atoms with Gasteiger partial charge in [-0.1, -0.05) is 0 Å². The van der Waals surface area contributed by atoms with Crippen LogP contribution in [0.2, 0.25) is 0 Å². The molecular formula is C11H18ClN3O3S2. The number of thiophene rings is 1. The van der Waals surface area contributed by atoms with E-state index in [0.29, 0.717) is 6.54 Å². The molecule has 1 aliphatic rings. The van der Waals surface area contributed by atoms with Crippen LogP contribution in [0.4, 0.5) is 0 Å². The summed E-state index contributed by atoms with van der Waals surface area (Å²) in [7, 11) is -2.01. The van der Waals surface area contributed by atoms with Gasteiger partial charge in [-0.3, -0.25) is 4.79 Å². The number of carbonyl (C=O) groups excluding carboxylic acids is 1. The van der Waals surface area contributed by atoms with Gasteiger partial charge in [-0.05, 0) is 38.6 Å². The molecule has 2 heterocycles. The van der Waals surface area contributed by atoms with Crippen LogP contribution in [0.1, 0.15) is 17.7 Å². The van der Waals surface area contributed by atoms with E-state index in [2.05, 4.69) is 15.4 Å². The Hall–Kier alpha value is -0.670. The van der Waals surface area contributed by atoms with Crippen molar-refractivity contribution < 1.29 is 13.2 Å². The highest BCUT2D eigenvalue weighted by molar-refractivity contribution is 7.91. The summed E-state index contributed by atoms with van der Waals surface area (Å²) in [5.74, 6) is -0.0241. The van der Waals surface area contributed by atoms with E-state index >= 15 is 0 Å². The second kappa shape index (κ2) is 7.37. The monoisotopic (exact) mass is 339 g/mol. The van der Waals surface area contributed by atoms with E-state index in [1.54, 1.807) is 12.1 Å². The van der Waals surface area contributed by atoms with Crippen molar-refractivity contribution in [1.82, 2.24) is 15.4 Å². The van der Waals surface area contributed by atoms with E-state index in [4.69, 9.17) is 0 Å². The molecule has 20 heavy (non-hydrogen) atoms. The van der Waals surface area contributed by atoms with Gasteiger partial charge in [-0.25, -0.2) is 13.1 Å². The smallest absolute Gasteiger partial charge is 0.249 e. The fourth-order valence-corrected chi connectivity index (χ4v) is 4.04. The molecule has 6 nitrogen and oxygen atoms in total. The van der Waals surface area contributed by atoms with Crippen LogP contribution >= 0.6 is 23.7 Å². The second-order valence-electron chi connectivity index (χ2n) is 4.30. The van der Waals surface area contributed by atoms with Crippen molar-refractivity contribution in [2.75, 3.05) is 13.6 Å². The Morgan fingerprint density at radius 2 is 2.25 bits per heavy atom. The maximum atomic E-state index is 11.8. The minimum absolute atomic E-state index is 0. The summed E-state index contributed by atoms with van der Waals surface area (Å²) in [6, 6.07) is 3.16. The summed E-state index contributed by atoms with van der Waals surface area (Å²) in [4.78, 5) is 12.6. The lowest BCUT2D eigenvalue weighted by molar-refractivity contribution is -0.122. The lowest BCUT2D eigenvalue weighted by atomic mass is 10.2. The molecule has 1 unspecified atom stereocenters. The molecule has 0 aromatic carbocycles. The van der Waals surface area contributed by atoms with Gasteiger partial charge in [0.1, 0.15) is 4.21 Å². The fourth-order valence-electron chi connectivity index (χ4n) is 1.90. The number of hydrogen-bond donors (Lipinski definition) is 3. The van der Waals surface area contributed by atoms with E-state index in [1.807, 2.05) is 0 Å². The molecule has 0 radical (unpaired) electrons. The van der Waals surface area contributed by atoms with Crippen molar-refractivity contribution >= 4 is 39.7 Å². The van der Waals surface area contributed by atoms with Crippen LogP contribution in [0.5, 0.6) is 0 Å². The molecule has 1 aliphatic heterocycles. The van der Waals surface area contributed by atoms with Crippen LogP contribution in [-0.4, -0.2) is 34.0 Å². The molecule has 0 saturated carbocycles. The molecule has 0 spiro atoms. The number of nitrogens with one attached hydrogen (secondary N) is 3. The molecule has 3 N–H and O–H groups in total. The van der Waals surface area contributed by atoms with Crippen LogP contribution in [0.15, 0.2) is 16.3 Å². The van der Waals surface area contributed by atoms with Crippen LogP contribution < -0.4 is 15.4 Å². The third-order valence-corrected chi connectivity index (χ3v) is 5.98. The molecule has 9 heteroatoms. The number of carbonyl (C=O) groups is 1. The lowest BCUT2D eigenvalue weighted by Gasteiger charge is -2.09. The van der Waals surface area contributed by atoms with Gasteiger partial charge < -0.3 is 10.6 Å². The van der Waals surface area contributed by atoms with Crippen molar-refractivity contribution in [2.45, 2.75) is 29.6 Å². The van der Waals surface area contributed by atoms with E-state index in [-0.39, 0.29) is 28.6 Å². The van der Waals surface area contributed by atoms with Crippen molar-refractivity contribution in [1.29, 1.82) is 0 Å². The Labute approximate surface area is 128 Å². The van der Waals surface area contributed by atoms with Crippen molar-refractivity contribution in [2.24, 2.45) is 0 Å². The Bertz CT molecular complexity index is 553. The standard InChI is InChI=1S/C11H17N3O3S2.ClH/c1-12-19(16,17)10-5-4-8(18-10)7-14-11(15)9-3-2-6-13-9;/h4-5,9,12-13H,2-3,6-7H2,1H3,(H,14,15);1H. The predicted octanol–water partition coefficient (Wildman–Crippen LogP) is 0.446. The zero-order chi connectivity index (χ0) is 13.9. The maximum Gasteiger partial charge on any atom is 0.249 e. The summed E-state index contributed by atoms with van der Waals surface area (Å²) in [6.07, 6.45) is 1.87. The van der Waals surface area contributed by atoms with Crippen LogP contribution in [-0.2, 0) is 21.4 Å². The number of rotatable bonds is 5. The van der Waals surface area contributed by atoms with Gasteiger partial charge in [0.15, 0.2) is 0 Å². The number of amides is 1. The molecule has 0 bridgehead atoms. The number of halogens is 1. The summed E-state index contributed by atoms with van der Waals surface area (Å²) in [5.41, 5.74) is 0. The van der Waals surface area contributed by atoms with Gasteiger partial charge in [-0.15, -0.1) is 23.7 Å². The van der Waals surface area contributed by atoms with Gasteiger partial charge >= 0.3 is 0 Å². The first-order chi connectivity index (χ1) is 9.03. The summed E-state index contributed by atoms with van der Waals surface area (Å²) >= 11 is 1.16. The van der Waals surface area contributed by atoms with Gasteiger partial charge in [0.2, 0.25) is 15.9 Å². The van der Waals surface area contributed by atoms with Crippen molar-refractivity contribution in [3.05, 3.63) is 17.0 Å². The third kappa shape index (κ3) is 4.16. The average molecular weight is 340 g/mol. The molecule has 2 rings (SSSR count). The number of hydrogen-bond acceptors (Lipinski definition) is 5. The highest BCUT2D eigenvalue weighted by Gasteiger charge is 2.21. The second-order valence-corrected chi connectivity index (χ2v) is 7.58. The first-order valence-corrected chi connectivity index (χ1v) is 8.36. The molecule has 1 fully saturated rings. The minimum atomic E-state index is -3.39. The molecule has 1 aromatic rings. The lowest BCUT2D eigenvalue weighted by Crippen LogP contribution is -2.39. The molecule has 0 aliphatic carbocycles. The first kappa shape index (κ1) is 17.4. The van der Waals surface area contributed by atoms with Crippen LogP contribution in [0.3, 0.4) is 0 Å². The molecule has 114 valence electrons. The maximum absolute atomic E-state index is 11.8. The van der Waals surface area contributed by atoms with Gasteiger partial charge in [0.25, 0.3) is 0 Å². The Morgan fingerprint density at radius 1 is 1.50 bits per heavy atom. The van der Waals surface area contributed by atoms with Gasteiger partial charge in [-0.2, -0.15) is 0 Å². The average Bonchev–Trinajstić information content (AvgIpc) is 3.07. The quantitative estimate of drug-likeness (QED) is 0.726. The zero-order valence-corrected chi connectivity index (χ0v) is 13.5. The molecule has 1 atom stereocenters. The van der Waals surface area contributed by atoms with E-state index in [0.717, 1.165) is 35.6 Å². The van der Waals surface area contributed by atoms with E-state index in [9.17, 15) is 13.2 Å². The largest absolute Gasteiger partial charge is 0.350 e. The van der Waals surface area contributed by atoms with Gasteiger partial charge in [0.05, 0.1) is 12.6 Å². The highest BCUT2D eigenvalue weighted by Crippen LogP contribution is 2.21. The normalized spacial score (nSPS) is 18.6. The molecule has 1 amide bonds. The van der Waals surface area contributed by atoms with Crippen LogP contribution in [0, 0.1) is 0 Å². The predicted molar refractivity (Wildman–Crippen MR) is 80.7 cm³/mol. The molecular weight excluding hydrogens is 322 g/mol. The summed E-state index contributed by atoms with van der Waals surface area (Å²) in [6.45, 7) is 1.24. The zero-order valence-electron chi connectivity index (χ0n) is 11.0. The first-order valence-electron chi connectivity index (χ1n) is 6.06. The summed E-state index contributed by atoms with van der Waals surface area (Å²) in [5, 5.41) is 5.93. The fraction of sp³-hybridized carbons (Fsp3) is 0.545. The van der Waals surface area contributed by atoms with E-state index in [1.165, 1.54) is 7.05 Å².